The van der Waals surface area contributed by atoms with Crippen LogP contribution in [0.15, 0.2) is 30.3 Å². The van der Waals surface area contributed by atoms with Gasteiger partial charge in [0.2, 0.25) is 0 Å². The summed E-state index contributed by atoms with van der Waals surface area (Å²) in [5.41, 5.74) is 0.912. The van der Waals surface area contributed by atoms with Crippen LogP contribution in [0.2, 0.25) is 0 Å². The van der Waals surface area contributed by atoms with Crippen LogP contribution in [0.4, 0.5) is 4.79 Å². The zero-order valence-electron chi connectivity index (χ0n) is 16.4. The molecule has 4 atom stereocenters. The van der Waals surface area contributed by atoms with Crippen molar-refractivity contribution in [3.05, 3.63) is 35.9 Å². The summed E-state index contributed by atoms with van der Waals surface area (Å²) in [6.07, 6.45) is -0.917. The van der Waals surface area contributed by atoms with Crippen LogP contribution in [0.5, 0.6) is 0 Å². The quantitative estimate of drug-likeness (QED) is 0.560. The van der Waals surface area contributed by atoms with Crippen molar-refractivity contribution in [2.24, 2.45) is 0 Å². The zero-order chi connectivity index (χ0) is 20.1. The van der Waals surface area contributed by atoms with E-state index in [4.69, 9.17) is 23.7 Å². The van der Waals surface area contributed by atoms with Crippen LogP contribution in [-0.2, 0) is 35.1 Å². The lowest BCUT2D eigenvalue weighted by molar-refractivity contribution is -0.170. The molecule has 1 N–H and O–H groups in total. The van der Waals surface area contributed by atoms with E-state index in [1.807, 2.05) is 44.2 Å². The Bertz CT molecular complexity index is 678. The maximum atomic E-state index is 12.2. The largest absolute Gasteiger partial charge is 0.463 e. The molecule has 1 saturated carbocycles. The van der Waals surface area contributed by atoms with Crippen LogP contribution in [0, 0.1) is 0 Å². The first-order chi connectivity index (χ1) is 13.3. The molecule has 1 aliphatic heterocycles. The first-order valence-corrected chi connectivity index (χ1v) is 9.42. The van der Waals surface area contributed by atoms with E-state index in [9.17, 15) is 9.59 Å². The van der Waals surface area contributed by atoms with Gasteiger partial charge in [-0.1, -0.05) is 30.3 Å². The highest BCUT2D eigenvalue weighted by atomic mass is 16.8. The van der Waals surface area contributed by atoms with E-state index in [1.165, 1.54) is 6.92 Å². The van der Waals surface area contributed by atoms with Crippen molar-refractivity contribution in [1.82, 2.24) is 5.32 Å². The Morgan fingerprint density at radius 1 is 1.11 bits per heavy atom. The van der Waals surface area contributed by atoms with Gasteiger partial charge in [-0.25, -0.2) is 4.79 Å². The van der Waals surface area contributed by atoms with E-state index in [1.54, 1.807) is 0 Å². The maximum absolute atomic E-state index is 12.2. The Morgan fingerprint density at radius 2 is 1.82 bits per heavy atom. The van der Waals surface area contributed by atoms with Gasteiger partial charge in [0.25, 0.3) is 0 Å². The van der Waals surface area contributed by atoms with Gasteiger partial charge in [0, 0.05) is 6.92 Å². The fourth-order valence-corrected chi connectivity index (χ4v) is 3.54. The number of carbonyl (C=O) groups is 2. The molecule has 8 nitrogen and oxygen atoms in total. The minimum Gasteiger partial charge on any atom is -0.463 e. The molecule has 154 valence electrons. The molecule has 3 rings (SSSR count). The summed E-state index contributed by atoms with van der Waals surface area (Å²) in [5, 5.41) is 2.87. The second kappa shape index (κ2) is 8.89. The third-order valence-electron chi connectivity index (χ3n) is 4.65. The number of rotatable bonds is 7. The molecule has 28 heavy (non-hydrogen) atoms. The average Bonchev–Trinajstić information content (AvgIpc) is 3.12. The second-order valence-corrected chi connectivity index (χ2v) is 7.36. The Labute approximate surface area is 164 Å². The van der Waals surface area contributed by atoms with E-state index in [0.717, 1.165) is 5.56 Å². The van der Waals surface area contributed by atoms with Crippen molar-refractivity contribution < 1.29 is 33.3 Å². The standard InChI is InChI=1S/C20H27NO7/c1-13(22)24-9-10-25-16-11-15(17-18(16)28-20(2,3)27-17)21-19(23)26-12-14-7-5-4-6-8-14/h4-8,15-18H,9-12H2,1-3H3,(H,21,23)/t15?,16?,17-,18+/m0/s1. The number of hydrogen-bond donors (Lipinski definition) is 1. The normalized spacial score (nSPS) is 27.8. The third-order valence-corrected chi connectivity index (χ3v) is 4.65. The molecule has 8 heteroatoms. The van der Waals surface area contributed by atoms with Gasteiger partial charge in [0.05, 0.1) is 18.8 Å². The van der Waals surface area contributed by atoms with Crippen molar-refractivity contribution in [2.75, 3.05) is 13.2 Å². The van der Waals surface area contributed by atoms with Crippen LogP contribution in [-0.4, -0.2) is 55.4 Å². The van der Waals surface area contributed by atoms with Crippen LogP contribution in [0.1, 0.15) is 32.8 Å². The third kappa shape index (κ3) is 5.43. The highest BCUT2D eigenvalue weighted by molar-refractivity contribution is 5.68. The lowest BCUT2D eigenvalue weighted by Crippen LogP contribution is -2.43. The summed E-state index contributed by atoms with van der Waals surface area (Å²) < 4.78 is 28.0. The number of alkyl carbamates (subject to hydrolysis) is 1. The molecule has 1 aliphatic carbocycles. The predicted octanol–water partition coefficient (Wildman–Crippen LogP) is 2.15. The topological polar surface area (TPSA) is 92.3 Å². The summed E-state index contributed by atoms with van der Waals surface area (Å²) in [5.74, 6) is -1.11. The average molecular weight is 393 g/mol. The van der Waals surface area contributed by atoms with Crippen molar-refractivity contribution in [1.29, 1.82) is 0 Å². The van der Waals surface area contributed by atoms with Crippen LogP contribution in [0.25, 0.3) is 0 Å². The van der Waals surface area contributed by atoms with Crippen molar-refractivity contribution in [3.8, 4) is 0 Å². The molecule has 0 spiro atoms. The highest BCUT2D eigenvalue weighted by Crippen LogP contribution is 2.39. The van der Waals surface area contributed by atoms with Gasteiger partial charge in [-0.2, -0.15) is 0 Å². The number of hydrogen-bond acceptors (Lipinski definition) is 7. The summed E-state index contributed by atoms with van der Waals surface area (Å²) in [7, 11) is 0. The van der Waals surface area contributed by atoms with E-state index in [-0.39, 0.29) is 50.1 Å². The molecule has 0 radical (unpaired) electrons. The lowest BCUT2D eigenvalue weighted by atomic mass is 10.2. The van der Waals surface area contributed by atoms with E-state index < -0.39 is 11.9 Å². The number of nitrogens with one attached hydrogen (secondary N) is 1. The lowest BCUT2D eigenvalue weighted by Gasteiger charge is -2.24. The molecule has 1 aromatic rings. The van der Waals surface area contributed by atoms with Crippen LogP contribution >= 0.6 is 0 Å². The predicted molar refractivity (Wildman–Crippen MR) is 98.4 cm³/mol. The molecule has 2 unspecified atom stereocenters. The molecule has 0 aromatic heterocycles. The number of ether oxygens (including phenoxy) is 5. The number of carbonyl (C=O) groups excluding carboxylic acids is 2. The molecule has 0 bridgehead atoms. The summed E-state index contributed by atoms with van der Waals surface area (Å²) in [4.78, 5) is 23.1. The molecule has 1 aromatic carbocycles. The monoisotopic (exact) mass is 393 g/mol. The van der Waals surface area contributed by atoms with E-state index in [0.29, 0.717) is 6.42 Å². The van der Waals surface area contributed by atoms with Crippen molar-refractivity contribution in [3.63, 3.8) is 0 Å². The smallest absolute Gasteiger partial charge is 0.407 e. The van der Waals surface area contributed by atoms with Crippen LogP contribution < -0.4 is 5.32 Å². The van der Waals surface area contributed by atoms with Gasteiger partial charge in [-0.15, -0.1) is 0 Å². The minimum atomic E-state index is -0.763. The molecule has 1 heterocycles. The SMILES string of the molecule is CC(=O)OCCOC1CC(NC(=O)OCc2ccccc2)[C@@H]2OC(C)(C)O[C@H]12. The summed E-state index contributed by atoms with van der Waals surface area (Å²) in [6, 6.07) is 9.17. The fraction of sp³-hybridized carbons (Fsp3) is 0.600. The van der Waals surface area contributed by atoms with E-state index >= 15 is 0 Å². The summed E-state index contributed by atoms with van der Waals surface area (Å²) >= 11 is 0. The Morgan fingerprint density at radius 3 is 2.54 bits per heavy atom. The highest BCUT2D eigenvalue weighted by Gasteiger charge is 2.55. The molecule has 2 fully saturated rings. The Balaban J connectivity index is 1.53. The number of fused-ring (bicyclic) bond motifs is 1. The van der Waals surface area contributed by atoms with Gasteiger partial charge >= 0.3 is 12.1 Å². The van der Waals surface area contributed by atoms with Gasteiger partial charge in [-0.3, -0.25) is 4.79 Å². The molecular formula is C20H27NO7. The number of esters is 1. The van der Waals surface area contributed by atoms with Gasteiger partial charge < -0.3 is 29.0 Å². The van der Waals surface area contributed by atoms with Gasteiger partial charge in [0.1, 0.15) is 25.4 Å². The van der Waals surface area contributed by atoms with E-state index in [2.05, 4.69) is 5.32 Å². The molecule has 1 amide bonds. The van der Waals surface area contributed by atoms with Gasteiger partial charge in [-0.05, 0) is 25.8 Å². The van der Waals surface area contributed by atoms with Gasteiger partial charge in [0.15, 0.2) is 5.79 Å². The second-order valence-electron chi connectivity index (χ2n) is 7.36. The van der Waals surface area contributed by atoms with Crippen molar-refractivity contribution in [2.45, 2.75) is 63.9 Å². The number of benzene rings is 1. The zero-order valence-corrected chi connectivity index (χ0v) is 16.4. The first kappa shape index (κ1) is 20.6. The summed E-state index contributed by atoms with van der Waals surface area (Å²) in [6.45, 7) is 5.62. The maximum Gasteiger partial charge on any atom is 0.407 e. The molecule has 2 aliphatic rings. The Kier molecular flexibility index (Phi) is 6.53. The van der Waals surface area contributed by atoms with Crippen molar-refractivity contribution >= 4 is 12.1 Å². The number of amides is 1. The minimum absolute atomic E-state index is 0.171. The first-order valence-electron chi connectivity index (χ1n) is 9.42. The van der Waals surface area contributed by atoms with Crippen LogP contribution in [0.3, 0.4) is 0 Å². The molecular weight excluding hydrogens is 366 g/mol. The molecule has 1 saturated heterocycles. The fourth-order valence-electron chi connectivity index (χ4n) is 3.54. The Hall–Kier alpha value is -2.16.